The normalized spacial score (nSPS) is 19.9. The van der Waals surface area contributed by atoms with E-state index in [2.05, 4.69) is 44.6 Å². The first-order valence-corrected chi connectivity index (χ1v) is 13.8. The molecule has 11 heteroatoms. The van der Waals surface area contributed by atoms with Gasteiger partial charge in [-0.25, -0.2) is 14.2 Å². The number of ether oxygens (including phenoxy) is 2. The van der Waals surface area contributed by atoms with Gasteiger partial charge in [0, 0.05) is 41.9 Å². The molecule has 2 fully saturated rings. The molecule has 8 nitrogen and oxygen atoms in total. The number of thioether (sulfide) groups is 1. The number of hydrogen-bond acceptors (Lipinski definition) is 8. The summed E-state index contributed by atoms with van der Waals surface area (Å²) in [6.45, 7) is 3.59. The molecule has 1 aromatic rings. The van der Waals surface area contributed by atoms with E-state index in [-0.39, 0.29) is 17.2 Å². The Morgan fingerprint density at radius 1 is 1.33 bits per heavy atom. The SMILES string of the molecule is COC1=CNC(C(F)F)C=C1c1cc(C#CCN2CCOCC2)ccc1C(=O)NCSC(C#CC1CC1)NN. The lowest BCUT2D eigenvalue weighted by atomic mass is 9.92. The monoisotopic (exact) mass is 557 g/mol. The van der Waals surface area contributed by atoms with Gasteiger partial charge >= 0.3 is 0 Å². The van der Waals surface area contributed by atoms with Crippen LogP contribution >= 0.6 is 11.8 Å². The van der Waals surface area contributed by atoms with Crippen LogP contribution in [-0.2, 0) is 9.47 Å². The van der Waals surface area contributed by atoms with Crippen molar-refractivity contribution >= 4 is 23.2 Å². The van der Waals surface area contributed by atoms with E-state index in [0.29, 0.717) is 53.7 Å². The topological polar surface area (TPSA) is 101 Å². The molecule has 1 saturated heterocycles. The van der Waals surface area contributed by atoms with Crippen LogP contribution in [0.1, 0.15) is 34.3 Å². The molecule has 1 aromatic carbocycles. The summed E-state index contributed by atoms with van der Waals surface area (Å²) in [5.41, 5.74) is 4.48. The van der Waals surface area contributed by atoms with Crippen molar-refractivity contribution in [1.29, 1.82) is 0 Å². The molecule has 0 radical (unpaired) electrons. The maximum absolute atomic E-state index is 13.6. The van der Waals surface area contributed by atoms with E-state index in [4.69, 9.17) is 15.3 Å². The fraction of sp³-hybridized carbons (Fsp3) is 0.464. The average Bonchev–Trinajstić information content (AvgIpc) is 3.79. The highest BCUT2D eigenvalue weighted by Gasteiger charge is 2.26. The number of rotatable bonds is 9. The molecule has 2 heterocycles. The van der Waals surface area contributed by atoms with Crippen molar-refractivity contribution in [2.75, 3.05) is 45.8 Å². The van der Waals surface area contributed by atoms with Gasteiger partial charge in [0.2, 0.25) is 0 Å². The van der Waals surface area contributed by atoms with Crippen LogP contribution in [0.2, 0.25) is 0 Å². The molecule has 39 heavy (non-hydrogen) atoms. The van der Waals surface area contributed by atoms with Gasteiger partial charge in [0.15, 0.2) is 0 Å². The molecule has 0 aromatic heterocycles. The molecule has 3 aliphatic rings. The second kappa shape index (κ2) is 14.4. The predicted molar refractivity (Wildman–Crippen MR) is 148 cm³/mol. The third-order valence-electron chi connectivity index (χ3n) is 6.33. The van der Waals surface area contributed by atoms with E-state index in [1.54, 1.807) is 18.2 Å². The van der Waals surface area contributed by atoms with Gasteiger partial charge in [-0.05, 0) is 42.7 Å². The third kappa shape index (κ3) is 8.46. The third-order valence-corrected chi connectivity index (χ3v) is 7.23. The minimum absolute atomic E-state index is 0.251. The fourth-order valence-electron chi connectivity index (χ4n) is 3.99. The maximum Gasteiger partial charge on any atom is 0.261 e. The molecule has 5 N–H and O–H groups in total. The van der Waals surface area contributed by atoms with E-state index in [1.807, 2.05) is 0 Å². The number of nitrogens with one attached hydrogen (secondary N) is 3. The Balaban J connectivity index is 1.55. The second-order valence-corrected chi connectivity index (χ2v) is 10.3. The van der Waals surface area contributed by atoms with Gasteiger partial charge < -0.3 is 20.1 Å². The number of carbonyl (C=O) groups excluding carboxylic acids is 1. The van der Waals surface area contributed by atoms with E-state index in [1.165, 1.54) is 31.1 Å². The van der Waals surface area contributed by atoms with Gasteiger partial charge in [-0.3, -0.25) is 15.5 Å². The van der Waals surface area contributed by atoms with Gasteiger partial charge in [0.25, 0.3) is 12.3 Å². The summed E-state index contributed by atoms with van der Waals surface area (Å²) in [5.74, 6) is 18.8. The van der Waals surface area contributed by atoms with Gasteiger partial charge in [-0.15, -0.1) is 11.8 Å². The van der Waals surface area contributed by atoms with Crippen LogP contribution in [0.25, 0.3) is 5.57 Å². The summed E-state index contributed by atoms with van der Waals surface area (Å²) in [7, 11) is 1.45. The Hall–Kier alpha value is -3.06. The number of halogens is 2. The van der Waals surface area contributed by atoms with Gasteiger partial charge in [0.1, 0.15) is 17.2 Å². The minimum Gasteiger partial charge on any atom is -0.495 e. The number of hydrogen-bond donors (Lipinski definition) is 4. The largest absolute Gasteiger partial charge is 0.495 e. The van der Waals surface area contributed by atoms with E-state index < -0.39 is 12.5 Å². The molecular formula is C28H33F2N5O3S. The summed E-state index contributed by atoms with van der Waals surface area (Å²) in [6.07, 6.45) is 2.36. The Kier molecular flexibility index (Phi) is 10.7. The second-order valence-electron chi connectivity index (χ2n) is 9.20. The number of dihydropyridines is 1. The fourth-order valence-corrected chi connectivity index (χ4v) is 4.62. The zero-order valence-corrected chi connectivity index (χ0v) is 22.6. The number of morpholine rings is 1. The Labute approximate surface area is 232 Å². The minimum atomic E-state index is -2.64. The quantitative estimate of drug-likeness (QED) is 0.159. The van der Waals surface area contributed by atoms with E-state index >= 15 is 0 Å². The zero-order valence-electron chi connectivity index (χ0n) is 21.8. The van der Waals surface area contributed by atoms with E-state index in [9.17, 15) is 13.6 Å². The summed E-state index contributed by atoms with van der Waals surface area (Å²) >= 11 is 1.36. The van der Waals surface area contributed by atoms with Crippen LogP contribution in [0.3, 0.4) is 0 Å². The summed E-state index contributed by atoms with van der Waals surface area (Å²) < 4.78 is 38.0. The molecule has 0 spiro atoms. The van der Waals surface area contributed by atoms with Crippen LogP contribution in [0.5, 0.6) is 0 Å². The summed E-state index contributed by atoms with van der Waals surface area (Å²) in [4.78, 5) is 15.5. The molecule has 2 aliphatic heterocycles. The van der Waals surface area contributed by atoms with Crippen molar-refractivity contribution < 1.29 is 23.0 Å². The molecule has 1 saturated carbocycles. The molecule has 1 aliphatic carbocycles. The van der Waals surface area contributed by atoms with Gasteiger partial charge in [0.05, 0.1) is 32.7 Å². The van der Waals surface area contributed by atoms with Crippen LogP contribution in [0, 0.1) is 29.6 Å². The number of methoxy groups -OCH3 is 1. The number of carbonyl (C=O) groups is 1. The number of amides is 1. The molecule has 208 valence electrons. The van der Waals surface area contributed by atoms with Crippen LogP contribution < -0.4 is 21.9 Å². The van der Waals surface area contributed by atoms with Gasteiger partial charge in [-0.1, -0.05) is 23.7 Å². The lowest BCUT2D eigenvalue weighted by Crippen LogP contribution is -2.36. The predicted octanol–water partition coefficient (Wildman–Crippen LogP) is 2.10. The first-order valence-electron chi connectivity index (χ1n) is 12.8. The summed E-state index contributed by atoms with van der Waals surface area (Å²) in [6, 6.07) is 3.94. The first kappa shape index (κ1) is 28.9. The first-order chi connectivity index (χ1) is 19.0. The van der Waals surface area contributed by atoms with Crippen LogP contribution in [-0.4, -0.2) is 74.5 Å². The number of nitrogens with two attached hydrogens (primary N) is 1. The summed E-state index contributed by atoms with van der Waals surface area (Å²) in [5, 5.41) is 5.19. The number of allylic oxidation sites excluding steroid dienone is 1. The molecular weight excluding hydrogens is 524 g/mol. The smallest absolute Gasteiger partial charge is 0.261 e. The number of nitrogens with zero attached hydrogens (tertiary/aromatic N) is 1. The van der Waals surface area contributed by atoms with E-state index in [0.717, 1.165) is 25.9 Å². The van der Waals surface area contributed by atoms with Crippen LogP contribution in [0.15, 0.2) is 36.2 Å². The Bertz CT molecular complexity index is 1210. The molecule has 0 bridgehead atoms. The lowest BCUT2D eigenvalue weighted by molar-refractivity contribution is 0.0443. The standard InChI is InChI=1S/C28H33F2N5O3S/c1-37-25-17-32-24(27(29)30)16-23(25)22-15-20(3-2-10-35-11-13-38-14-12-35)6-8-21(22)28(36)33-18-39-26(34-31)9-7-19-4-5-19/h6,8,15-17,19,24,26-27,32,34H,4-5,10-14,18,31H2,1H3,(H,33,36). The van der Waals surface area contributed by atoms with Crippen molar-refractivity contribution in [3.05, 3.63) is 52.9 Å². The molecule has 1 amide bonds. The average molecular weight is 558 g/mol. The Morgan fingerprint density at radius 3 is 2.82 bits per heavy atom. The number of hydrazine groups is 1. The van der Waals surface area contributed by atoms with Crippen molar-refractivity contribution in [2.45, 2.75) is 30.7 Å². The van der Waals surface area contributed by atoms with Crippen molar-refractivity contribution in [3.63, 3.8) is 0 Å². The highest BCUT2D eigenvalue weighted by molar-refractivity contribution is 8.00. The van der Waals surface area contributed by atoms with Crippen molar-refractivity contribution in [1.82, 2.24) is 21.0 Å². The zero-order chi connectivity index (χ0) is 27.6. The number of alkyl halides is 2. The maximum atomic E-state index is 13.6. The molecule has 4 rings (SSSR count). The molecule has 2 atom stereocenters. The number of benzene rings is 1. The lowest BCUT2D eigenvalue weighted by Gasteiger charge is -2.24. The Morgan fingerprint density at radius 2 is 2.13 bits per heavy atom. The van der Waals surface area contributed by atoms with Crippen LogP contribution in [0.4, 0.5) is 8.78 Å². The highest BCUT2D eigenvalue weighted by atomic mass is 32.2. The van der Waals surface area contributed by atoms with Gasteiger partial charge in [-0.2, -0.15) is 0 Å². The highest BCUT2D eigenvalue weighted by Crippen LogP contribution is 2.31. The van der Waals surface area contributed by atoms with Crippen molar-refractivity contribution in [2.24, 2.45) is 11.8 Å². The molecule has 2 unspecified atom stereocenters. The van der Waals surface area contributed by atoms with Crippen molar-refractivity contribution in [3.8, 4) is 23.7 Å².